The van der Waals surface area contributed by atoms with E-state index in [1.807, 2.05) is 19.2 Å². The predicted octanol–water partition coefficient (Wildman–Crippen LogP) is 1.97. The van der Waals surface area contributed by atoms with Gasteiger partial charge < -0.3 is 0 Å². The van der Waals surface area contributed by atoms with Crippen molar-refractivity contribution >= 4 is 0 Å². The van der Waals surface area contributed by atoms with Gasteiger partial charge in [0.25, 0.3) is 0 Å². The lowest BCUT2D eigenvalue weighted by atomic mass is 10.4. The molecule has 0 aliphatic carbocycles. The van der Waals surface area contributed by atoms with Gasteiger partial charge in [-0.2, -0.15) is 5.10 Å². The molecule has 0 saturated heterocycles. The van der Waals surface area contributed by atoms with Gasteiger partial charge in [-0.05, 0) is 24.6 Å². The molecule has 0 unspecified atom stereocenters. The second-order valence-corrected chi connectivity index (χ2v) is 2.94. The van der Waals surface area contributed by atoms with Crippen molar-refractivity contribution in [3.8, 4) is 5.82 Å². The van der Waals surface area contributed by atoms with Crippen LogP contribution in [0.5, 0.6) is 0 Å². The monoisotopic (exact) mass is 191 g/mol. The summed E-state index contributed by atoms with van der Waals surface area (Å²) in [6.45, 7) is 2.03. The van der Waals surface area contributed by atoms with Gasteiger partial charge in [-0.25, -0.2) is 14.1 Å². The van der Waals surface area contributed by atoms with E-state index in [4.69, 9.17) is 0 Å². The highest BCUT2D eigenvalue weighted by Crippen LogP contribution is 2.05. The zero-order chi connectivity index (χ0) is 9.97. The average Bonchev–Trinajstić information content (AvgIpc) is 2.67. The molecule has 0 amide bonds. The maximum Gasteiger partial charge on any atom is 0.153 e. The number of nitrogens with zero attached hydrogens (tertiary/aromatic N) is 3. The first-order valence-electron chi connectivity index (χ1n) is 4.46. The van der Waals surface area contributed by atoms with Crippen molar-refractivity contribution in [3.63, 3.8) is 0 Å². The predicted molar refractivity (Wildman–Crippen MR) is 50.7 cm³/mol. The molecule has 14 heavy (non-hydrogen) atoms. The zero-order valence-electron chi connectivity index (χ0n) is 7.81. The second kappa shape index (κ2) is 3.57. The van der Waals surface area contributed by atoms with Gasteiger partial charge in [0.15, 0.2) is 5.82 Å². The van der Waals surface area contributed by atoms with Gasteiger partial charge >= 0.3 is 0 Å². The molecule has 0 aliphatic rings. The van der Waals surface area contributed by atoms with Gasteiger partial charge in [0, 0.05) is 6.20 Å². The van der Waals surface area contributed by atoms with E-state index >= 15 is 0 Å². The number of hydrogen-bond acceptors (Lipinski definition) is 2. The van der Waals surface area contributed by atoms with Crippen LogP contribution in [0.2, 0.25) is 0 Å². The molecule has 0 aliphatic heterocycles. The molecular weight excluding hydrogens is 181 g/mol. The summed E-state index contributed by atoms with van der Waals surface area (Å²) in [5.74, 6) is 0.294. The van der Waals surface area contributed by atoms with Gasteiger partial charge in [0.2, 0.25) is 0 Å². The van der Waals surface area contributed by atoms with Gasteiger partial charge in [0.1, 0.15) is 5.82 Å². The van der Waals surface area contributed by atoms with E-state index in [2.05, 4.69) is 10.1 Å². The lowest BCUT2D eigenvalue weighted by Gasteiger charge is -1.98. The van der Waals surface area contributed by atoms with Crippen LogP contribution in [0.4, 0.5) is 4.39 Å². The van der Waals surface area contributed by atoms with Gasteiger partial charge in [0.05, 0.1) is 11.9 Å². The standard InChI is InChI=1S/C10H10FN3/c1-2-9-5-6-14(13-9)10-4-3-8(11)7-12-10/h3-7H,2H2,1H3. The maximum atomic E-state index is 12.6. The molecule has 0 saturated carbocycles. The molecule has 0 radical (unpaired) electrons. The van der Waals surface area contributed by atoms with Crippen molar-refractivity contribution in [1.29, 1.82) is 0 Å². The van der Waals surface area contributed by atoms with Gasteiger partial charge in [-0.3, -0.25) is 0 Å². The molecular formula is C10H10FN3. The van der Waals surface area contributed by atoms with E-state index in [-0.39, 0.29) is 5.82 Å². The van der Waals surface area contributed by atoms with Crippen molar-refractivity contribution in [2.24, 2.45) is 0 Å². The Balaban J connectivity index is 2.34. The lowest BCUT2D eigenvalue weighted by molar-refractivity contribution is 0.619. The van der Waals surface area contributed by atoms with Crippen LogP contribution in [-0.2, 0) is 6.42 Å². The van der Waals surface area contributed by atoms with Crippen molar-refractivity contribution < 1.29 is 4.39 Å². The molecule has 0 atom stereocenters. The first kappa shape index (κ1) is 8.87. The minimum atomic E-state index is -0.336. The summed E-state index contributed by atoms with van der Waals surface area (Å²) in [5, 5.41) is 4.26. The van der Waals surface area contributed by atoms with Gasteiger partial charge in [-0.1, -0.05) is 6.92 Å². The van der Waals surface area contributed by atoms with Crippen LogP contribution in [0, 0.1) is 5.82 Å². The van der Waals surface area contributed by atoms with Gasteiger partial charge in [-0.15, -0.1) is 0 Å². The first-order chi connectivity index (χ1) is 6.79. The van der Waals surface area contributed by atoms with Crippen molar-refractivity contribution in [1.82, 2.24) is 14.8 Å². The van der Waals surface area contributed by atoms with E-state index < -0.39 is 0 Å². The summed E-state index contributed by atoms with van der Waals surface area (Å²) in [5.41, 5.74) is 0.996. The van der Waals surface area contributed by atoms with Crippen LogP contribution in [-0.4, -0.2) is 14.8 Å². The Labute approximate surface area is 81.2 Å². The fourth-order valence-electron chi connectivity index (χ4n) is 1.18. The topological polar surface area (TPSA) is 30.7 Å². The molecule has 0 bridgehead atoms. The van der Waals surface area contributed by atoms with Crippen molar-refractivity contribution in [2.45, 2.75) is 13.3 Å². The molecule has 0 fully saturated rings. The van der Waals surface area contributed by atoms with E-state index in [1.54, 1.807) is 10.7 Å². The molecule has 0 spiro atoms. The van der Waals surface area contributed by atoms with Crippen LogP contribution < -0.4 is 0 Å². The number of aromatic nitrogens is 3. The number of hydrogen-bond donors (Lipinski definition) is 0. The summed E-state index contributed by atoms with van der Waals surface area (Å²) >= 11 is 0. The molecule has 2 rings (SSSR count). The van der Waals surface area contributed by atoms with E-state index in [1.165, 1.54) is 12.3 Å². The highest BCUT2D eigenvalue weighted by atomic mass is 19.1. The van der Waals surface area contributed by atoms with E-state index in [0.29, 0.717) is 5.82 Å². The molecule has 2 heterocycles. The molecule has 4 heteroatoms. The Morgan fingerprint density at radius 2 is 2.21 bits per heavy atom. The third-order valence-corrected chi connectivity index (χ3v) is 1.95. The summed E-state index contributed by atoms with van der Waals surface area (Å²) in [7, 11) is 0. The number of pyridine rings is 1. The Morgan fingerprint density at radius 1 is 1.36 bits per heavy atom. The Kier molecular flexibility index (Phi) is 2.26. The highest BCUT2D eigenvalue weighted by Gasteiger charge is 2.00. The third-order valence-electron chi connectivity index (χ3n) is 1.95. The Bertz CT molecular complexity index is 419. The van der Waals surface area contributed by atoms with Crippen LogP contribution in [0.3, 0.4) is 0 Å². The average molecular weight is 191 g/mol. The lowest BCUT2D eigenvalue weighted by Crippen LogP contribution is -1.98. The smallest absolute Gasteiger partial charge is 0.153 e. The maximum absolute atomic E-state index is 12.6. The summed E-state index contributed by atoms with van der Waals surface area (Å²) in [6.07, 6.45) is 3.88. The van der Waals surface area contributed by atoms with E-state index in [0.717, 1.165) is 12.1 Å². The molecule has 2 aromatic rings. The molecule has 0 N–H and O–H groups in total. The minimum absolute atomic E-state index is 0.336. The highest BCUT2D eigenvalue weighted by molar-refractivity contribution is 5.21. The fourth-order valence-corrected chi connectivity index (χ4v) is 1.18. The number of aryl methyl sites for hydroxylation is 1. The van der Waals surface area contributed by atoms with E-state index in [9.17, 15) is 4.39 Å². The SMILES string of the molecule is CCc1ccn(-c2ccc(F)cn2)n1. The first-order valence-corrected chi connectivity index (χ1v) is 4.46. The van der Waals surface area contributed by atoms with Crippen LogP contribution >= 0.6 is 0 Å². The fraction of sp³-hybridized carbons (Fsp3) is 0.200. The molecule has 2 aromatic heterocycles. The number of rotatable bonds is 2. The van der Waals surface area contributed by atoms with Crippen LogP contribution in [0.15, 0.2) is 30.6 Å². The Morgan fingerprint density at radius 3 is 2.79 bits per heavy atom. The third kappa shape index (κ3) is 1.64. The summed E-state index contributed by atoms with van der Waals surface area (Å²) in [6, 6.07) is 4.89. The van der Waals surface area contributed by atoms with Crippen LogP contribution in [0.25, 0.3) is 5.82 Å². The second-order valence-electron chi connectivity index (χ2n) is 2.94. The minimum Gasteiger partial charge on any atom is -0.234 e. The summed E-state index contributed by atoms with van der Waals surface area (Å²) in [4.78, 5) is 3.92. The van der Waals surface area contributed by atoms with Crippen molar-refractivity contribution in [2.75, 3.05) is 0 Å². The van der Waals surface area contributed by atoms with Crippen molar-refractivity contribution in [3.05, 3.63) is 42.1 Å². The normalized spacial score (nSPS) is 10.4. The zero-order valence-corrected chi connectivity index (χ0v) is 7.81. The molecule has 72 valence electrons. The largest absolute Gasteiger partial charge is 0.234 e. The Hall–Kier alpha value is -1.71. The number of halogens is 1. The molecule has 3 nitrogen and oxygen atoms in total. The quantitative estimate of drug-likeness (QED) is 0.726. The molecule has 0 aromatic carbocycles. The van der Waals surface area contributed by atoms with Crippen LogP contribution in [0.1, 0.15) is 12.6 Å². The summed E-state index contributed by atoms with van der Waals surface area (Å²) < 4.78 is 14.2.